The van der Waals surface area contributed by atoms with E-state index in [1.54, 1.807) is 6.26 Å². The lowest BCUT2D eigenvalue weighted by molar-refractivity contribution is -0.138. The first-order chi connectivity index (χ1) is 11.5. The second kappa shape index (κ2) is 6.19. The van der Waals surface area contributed by atoms with Crippen LogP contribution in [0.3, 0.4) is 0 Å². The minimum atomic E-state index is -0.867. The molecule has 0 unspecified atom stereocenters. The first kappa shape index (κ1) is 16.2. The number of carbonyl (C=O) groups is 1. The molecule has 1 aromatic heterocycles. The zero-order chi connectivity index (χ0) is 16.7. The van der Waals surface area contributed by atoms with Crippen molar-refractivity contribution in [3.8, 4) is 0 Å². The molecule has 3 saturated heterocycles. The number of likely N-dealkylation sites (tertiary alicyclic amines) is 1. The van der Waals surface area contributed by atoms with E-state index < -0.39 is 5.60 Å². The fourth-order valence-electron chi connectivity index (χ4n) is 4.99. The van der Waals surface area contributed by atoms with Gasteiger partial charge in [-0.1, -0.05) is 6.92 Å². The molecule has 0 radical (unpaired) electrons. The molecular formula is C19H28N2O3. The van der Waals surface area contributed by atoms with E-state index in [0.29, 0.717) is 31.1 Å². The Morgan fingerprint density at radius 1 is 1.33 bits per heavy atom. The molecule has 0 aliphatic carbocycles. The highest BCUT2D eigenvalue weighted by molar-refractivity contribution is 5.78. The molecule has 1 amide bonds. The molecular weight excluding hydrogens is 304 g/mol. The topological polar surface area (TPSA) is 56.9 Å². The van der Waals surface area contributed by atoms with E-state index >= 15 is 0 Å². The van der Waals surface area contributed by atoms with Crippen LogP contribution in [0.15, 0.2) is 22.8 Å². The van der Waals surface area contributed by atoms with E-state index in [2.05, 4.69) is 11.8 Å². The first-order valence-corrected chi connectivity index (χ1v) is 9.35. The number of hydrogen-bond acceptors (Lipinski definition) is 4. The maximum absolute atomic E-state index is 12.7. The van der Waals surface area contributed by atoms with Gasteiger partial charge in [0.05, 0.1) is 12.8 Å². The third-order valence-electron chi connectivity index (χ3n) is 6.23. The molecule has 3 atom stereocenters. The normalized spacial score (nSPS) is 36.9. The van der Waals surface area contributed by atoms with Crippen molar-refractivity contribution in [1.82, 2.24) is 9.80 Å². The van der Waals surface area contributed by atoms with Crippen LogP contribution in [0.4, 0.5) is 0 Å². The number of rotatable bonds is 3. The summed E-state index contributed by atoms with van der Waals surface area (Å²) in [6.07, 6.45) is 7.45. The van der Waals surface area contributed by atoms with Gasteiger partial charge in [-0.25, -0.2) is 0 Å². The Hall–Kier alpha value is -1.33. The number of piperidine rings is 2. The number of carbonyl (C=O) groups excluding carboxylic acids is 1. The molecule has 1 aromatic rings. The fraction of sp³-hybridized carbons (Fsp3) is 0.737. The Morgan fingerprint density at radius 3 is 2.71 bits per heavy atom. The summed E-state index contributed by atoms with van der Waals surface area (Å²) < 4.78 is 5.48. The van der Waals surface area contributed by atoms with Gasteiger partial charge < -0.3 is 14.4 Å². The van der Waals surface area contributed by atoms with Gasteiger partial charge in [0.25, 0.3) is 0 Å². The second-order valence-electron chi connectivity index (χ2n) is 8.06. The van der Waals surface area contributed by atoms with Gasteiger partial charge in [0.1, 0.15) is 11.4 Å². The van der Waals surface area contributed by atoms with Crippen LogP contribution in [0.1, 0.15) is 51.2 Å². The molecule has 1 N–H and O–H groups in total. The third-order valence-corrected chi connectivity index (χ3v) is 6.23. The van der Waals surface area contributed by atoms with Crippen molar-refractivity contribution in [1.29, 1.82) is 0 Å². The lowest BCUT2D eigenvalue weighted by Crippen LogP contribution is -2.53. The molecule has 24 heavy (non-hydrogen) atoms. The third kappa shape index (κ3) is 2.88. The van der Waals surface area contributed by atoms with Crippen molar-refractivity contribution in [3.05, 3.63) is 24.2 Å². The van der Waals surface area contributed by atoms with Crippen LogP contribution in [-0.2, 0) is 10.4 Å². The maximum Gasteiger partial charge on any atom is 0.236 e. The Labute approximate surface area is 143 Å². The summed E-state index contributed by atoms with van der Waals surface area (Å²) in [6, 6.07) is 4.27. The van der Waals surface area contributed by atoms with Crippen LogP contribution >= 0.6 is 0 Å². The minimum Gasteiger partial charge on any atom is -0.466 e. The first-order valence-electron chi connectivity index (χ1n) is 9.35. The van der Waals surface area contributed by atoms with E-state index in [0.717, 1.165) is 32.4 Å². The summed E-state index contributed by atoms with van der Waals surface area (Å²) in [5, 5.41) is 11.0. The largest absolute Gasteiger partial charge is 0.466 e. The average molecular weight is 332 g/mol. The van der Waals surface area contributed by atoms with E-state index in [1.807, 2.05) is 17.0 Å². The molecule has 5 nitrogen and oxygen atoms in total. The van der Waals surface area contributed by atoms with Crippen molar-refractivity contribution in [2.45, 2.75) is 63.1 Å². The minimum absolute atomic E-state index is 0.266. The maximum atomic E-state index is 12.7. The van der Waals surface area contributed by atoms with Gasteiger partial charge in [0, 0.05) is 25.2 Å². The van der Waals surface area contributed by atoms with Gasteiger partial charge >= 0.3 is 0 Å². The van der Waals surface area contributed by atoms with Crippen LogP contribution in [0.25, 0.3) is 0 Å². The van der Waals surface area contributed by atoms with Crippen molar-refractivity contribution < 1.29 is 14.3 Å². The summed E-state index contributed by atoms with van der Waals surface area (Å²) in [5.41, 5.74) is -0.867. The van der Waals surface area contributed by atoms with Crippen LogP contribution < -0.4 is 0 Å². The lowest BCUT2D eigenvalue weighted by atomic mass is 9.84. The van der Waals surface area contributed by atoms with Crippen molar-refractivity contribution in [3.63, 3.8) is 0 Å². The van der Waals surface area contributed by atoms with Crippen molar-refractivity contribution in [2.24, 2.45) is 5.92 Å². The Kier molecular flexibility index (Phi) is 4.17. The Balaban J connectivity index is 1.42. The SMILES string of the molecule is C[C@@H]1CCCN(C(=O)CN2[C@H]3CC[C@H]2CC(O)(c2ccco2)C3)C1. The van der Waals surface area contributed by atoms with Gasteiger partial charge in [0.15, 0.2) is 0 Å². The number of aliphatic hydroxyl groups is 1. The number of nitrogens with zero attached hydrogens (tertiary/aromatic N) is 2. The predicted molar refractivity (Wildman–Crippen MR) is 90.3 cm³/mol. The van der Waals surface area contributed by atoms with Crippen LogP contribution in [-0.4, -0.2) is 52.5 Å². The summed E-state index contributed by atoms with van der Waals surface area (Å²) in [6.45, 7) is 4.55. The van der Waals surface area contributed by atoms with Gasteiger partial charge in [-0.2, -0.15) is 0 Å². The highest BCUT2D eigenvalue weighted by Crippen LogP contribution is 2.45. The molecule has 0 spiro atoms. The number of fused-ring (bicyclic) bond motifs is 2. The molecule has 4 heterocycles. The zero-order valence-electron chi connectivity index (χ0n) is 14.5. The Morgan fingerprint density at radius 2 is 2.08 bits per heavy atom. The number of hydrogen-bond donors (Lipinski definition) is 1. The second-order valence-corrected chi connectivity index (χ2v) is 8.06. The van der Waals surface area contributed by atoms with Crippen LogP contribution in [0.5, 0.6) is 0 Å². The smallest absolute Gasteiger partial charge is 0.236 e. The zero-order valence-corrected chi connectivity index (χ0v) is 14.5. The lowest BCUT2D eigenvalue weighted by Gasteiger charge is -2.43. The molecule has 0 saturated carbocycles. The highest BCUT2D eigenvalue weighted by Gasteiger charge is 2.50. The van der Waals surface area contributed by atoms with E-state index in [1.165, 1.54) is 6.42 Å². The summed E-state index contributed by atoms with van der Waals surface area (Å²) in [7, 11) is 0. The van der Waals surface area contributed by atoms with Gasteiger partial charge in [-0.3, -0.25) is 9.69 Å². The quantitative estimate of drug-likeness (QED) is 0.923. The van der Waals surface area contributed by atoms with E-state index in [-0.39, 0.29) is 18.0 Å². The fourth-order valence-corrected chi connectivity index (χ4v) is 4.99. The highest BCUT2D eigenvalue weighted by atomic mass is 16.4. The van der Waals surface area contributed by atoms with Crippen molar-refractivity contribution >= 4 is 5.91 Å². The molecule has 0 aromatic carbocycles. The van der Waals surface area contributed by atoms with Gasteiger partial charge in [0.2, 0.25) is 5.91 Å². The van der Waals surface area contributed by atoms with Crippen LogP contribution in [0, 0.1) is 5.92 Å². The van der Waals surface area contributed by atoms with Crippen LogP contribution in [0.2, 0.25) is 0 Å². The summed E-state index contributed by atoms with van der Waals surface area (Å²) in [5.74, 6) is 1.56. The number of amides is 1. The molecule has 4 rings (SSSR count). The Bertz CT molecular complexity index is 571. The van der Waals surface area contributed by atoms with Gasteiger partial charge in [-0.05, 0) is 56.6 Å². The number of furan rings is 1. The molecule has 3 fully saturated rings. The molecule has 2 bridgehead atoms. The molecule has 132 valence electrons. The standard InChI is InChI=1S/C19H28N2O3/c1-14-4-2-8-20(12-14)18(22)13-21-15-6-7-16(21)11-19(23,10-15)17-5-3-9-24-17/h3,5,9,14-16,23H,2,4,6-8,10-13H2,1H3/t14-,15+,16+/m1/s1. The summed E-state index contributed by atoms with van der Waals surface area (Å²) in [4.78, 5) is 17.1. The van der Waals surface area contributed by atoms with E-state index in [4.69, 9.17) is 4.42 Å². The van der Waals surface area contributed by atoms with Crippen molar-refractivity contribution in [2.75, 3.05) is 19.6 Å². The molecule has 5 heteroatoms. The molecule has 3 aliphatic rings. The average Bonchev–Trinajstić information content (AvgIpc) is 3.17. The van der Waals surface area contributed by atoms with E-state index in [9.17, 15) is 9.90 Å². The monoisotopic (exact) mass is 332 g/mol. The molecule has 3 aliphatic heterocycles. The summed E-state index contributed by atoms with van der Waals surface area (Å²) >= 11 is 0. The van der Waals surface area contributed by atoms with Gasteiger partial charge in [-0.15, -0.1) is 0 Å². The predicted octanol–water partition coefficient (Wildman–Crippen LogP) is 2.35.